The molecule has 0 aliphatic carbocycles. The number of para-hydroxylation sites is 1. The zero-order valence-corrected chi connectivity index (χ0v) is 10.7. The van der Waals surface area contributed by atoms with Crippen molar-refractivity contribution in [1.82, 2.24) is 0 Å². The topological polar surface area (TPSA) is 56.8 Å². The molecule has 5 nitrogen and oxygen atoms in total. The van der Waals surface area contributed by atoms with Crippen LogP contribution in [0.25, 0.3) is 0 Å². The molecule has 0 unspecified atom stereocenters. The fourth-order valence-electron chi connectivity index (χ4n) is 1.84. The summed E-state index contributed by atoms with van der Waals surface area (Å²) in [5.41, 5.74) is 0.649. The Balaban J connectivity index is 1.56. The summed E-state index contributed by atoms with van der Waals surface area (Å²) in [4.78, 5) is 11.8. The van der Waals surface area contributed by atoms with Gasteiger partial charge in [-0.3, -0.25) is 4.79 Å². The van der Waals surface area contributed by atoms with Gasteiger partial charge in [0.15, 0.2) is 18.1 Å². The quantitative estimate of drug-likeness (QED) is 0.928. The molecule has 0 saturated carbocycles. The van der Waals surface area contributed by atoms with Crippen LogP contribution in [0.3, 0.4) is 0 Å². The van der Waals surface area contributed by atoms with Crippen molar-refractivity contribution in [3.8, 4) is 17.2 Å². The first-order valence-electron chi connectivity index (χ1n) is 6.18. The zero-order chi connectivity index (χ0) is 13.8. The summed E-state index contributed by atoms with van der Waals surface area (Å²) in [5, 5.41) is 2.74. The van der Waals surface area contributed by atoms with Crippen molar-refractivity contribution in [3.63, 3.8) is 0 Å². The Morgan fingerprint density at radius 3 is 2.75 bits per heavy atom. The van der Waals surface area contributed by atoms with Crippen LogP contribution in [0.2, 0.25) is 0 Å². The predicted molar refractivity (Wildman–Crippen MR) is 73.1 cm³/mol. The lowest BCUT2D eigenvalue weighted by Crippen LogP contribution is -2.20. The standard InChI is InChI=1S/C15H13NO4/c17-15(9-18-12-4-2-1-3-5-12)16-11-6-7-13-14(8-11)20-10-19-13/h1-8H,9-10H2,(H,16,17). The van der Waals surface area contributed by atoms with Crippen molar-refractivity contribution in [3.05, 3.63) is 48.5 Å². The maximum absolute atomic E-state index is 11.8. The molecule has 0 bridgehead atoms. The van der Waals surface area contributed by atoms with Crippen LogP contribution in [0.1, 0.15) is 0 Å². The third-order valence-corrected chi connectivity index (χ3v) is 2.77. The van der Waals surface area contributed by atoms with Gasteiger partial charge in [0.1, 0.15) is 5.75 Å². The van der Waals surface area contributed by atoms with Crippen LogP contribution in [-0.2, 0) is 4.79 Å². The molecular weight excluding hydrogens is 258 g/mol. The number of carbonyl (C=O) groups excluding carboxylic acids is 1. The summed E-state index contributed by atoms with van der Waals surface area (Å²) >= 11 is 0. The summed E-state index contributed by atoms with van der Waals surface area (Å²) < 4.78 is 15.8. The van der Waals surface area contributed by atoms with Crippen molar-refractivity contribution in [1.29, 1.82) is 0 Å². The molecule has 2 aromatic carbocycles. The summed E-state index contributed by atoms with van der Waals surface area (Å²) in [6.07, 6.45) is 0. The minimum atomic E-state index is -0.229. The first-order chi connectivity index (χ1) is 9.81. The Morgan fingerprint density at radius 2 is 1.90 bits per heavy atom. The number of fused-ring (bicyclic) bond motifs is 1. The summed E-state index contributed by atoms with van der Waals surface area (Å²) in [7, 11) is 0. The predicted octanol–water partition coefficient (Wildman–Crippen LogP) is 2.43. The summed E-state index contributed by atoms with van der Waals surface area (Å²) in [6.45, 7) is 0.169. The molecule has 102 valence electrons. The molecule has 0 atom stereocenters. The number of nitrogens with one attached hydrogen (secondary N) is 1. The minimum absolute atomic E-state index is 0.0432. The molecule has 0 spiro atoms. The molecule has 20 heavy (non-hydrogen) atoms. The van der Waals surface area contributed by atoms with E-state index in [2.05, 4.69) is 5.32 Å². The first kappa shape index (κ1) is 12.3. The monoisotopic (exact) mass is 271 g/mol. The van der Waals surface area contributed by atoms with Crippen LogP contribution in [-0.4, -0.2) is 19.3 Å². The van der Waals surface area contributed by atoms with Crippen molar-refractivity contribution in [2.75, 3.05) is 18.7 Å². The number of ether oxygens (including phenoxy) is 3. The van der Waals surface area contributed by atoms with E-state index in [1.165, 1.54) is 0 Å². The van der Waals surface area contributed by atoms with Gasteiger partial charge in [-0.25, -0.2) is 0 Å². The largest absolute Gasteiger partial charge is 0.484 e. The van der Waals surface area contributed by atoms with E-state index in [1.54, 1.807) is 30.3 Å². The second-order valence-electron chi connectivity index (χ2n) is 4.22. The molecule has 0 saturated heterocycles. The lowest BCUT2D eigenvalue weighted by atomic mass is 10.3. The molecule has 0 fully saturated rings. The van der Waals surface area contributed by atoms with Crippen LogP contribution in [0.15, 0.2) is 48.5 Å². The number of amides is 1. The van der Waals surface area contributed by atoms with E-state index in [4.69, 9.17) is 14.2 Å². The fourth-order valence-corrected chi connectivity index (χ4v) is 1.84. The number of anilines is 1. The van der Waals surface area contributed by atoms with E-state index in [0.717, 1.165) is 0 Å². The highest BCUT2D eigenvalue weighted by molar-refractivity contribution is 5.92. The smallest absolute Gasteiger partial charge is 0.262 e. The number of carbonyl (C=O) groups is 1. The Bertz CT molecular complexity index is 613. The van der Waals surface area contributed by atoms with Crippen LogP contribution < -0.4 is 19.5 Å². The van der Waals surface area contributed by atoms with Crippen molar-refractivity contribution < 1.29 is 19.0 Å². The van der Waals surface area contributed by atoms with Gasteiger partial charge < -0.3 is 19.5 Å². The van der Waals surface area contributed by atoms with Crippen LogP contribution in [0.5, 0.6) is 17.2 Å². The molecule has 1 aliphatic rings. The van der Waals surface area contributed by atoms with E-state index in [9.17, 15) is 4.79 Å². The number of hydrogen-bond acceptors (Lipinski definition) is 4. The Hall–Kier alpha value is -2.69. The third-order valence-electron chi connectivity index (χ3n) is 2.77. The molecule has 5 heteroatoms. The lowest BCUT2D eigenvalue weighted by Gasteiger charge is -2.07. The lowest BCUT2D eigenvalue weighted by molar-refractivity contribution is -0.118. The van der Waals surface area contributed by atoms with Gasteiger partial charge in [-0.1, -0.05) is 18.2 Å². The van der Waals surface area contributed by atoms with Gasteiger partial charge in [0.25, 0.3) is 5.91 Å². The van der Waals surface area contributed by atoms with Crippen LogP contribution >= 0.6 is 0 Å². The van der Waals surface area contributed by atoms with Crippen LogP contribution in [0.4, 0.5) is 5.69 Å². The molecule has 1 heterocycles. The SMILES string of the molecule is O=C(COc1ccccc1)Nc1ccc2c(c1)OCO2. The Kier molecular flexibility index (Phi) is 3.41. The van der Waals surface area contributed by atoms with E-state index in [0.29, 0.717) is 22.9 Å². The highest BCUT2D eigenvalue weighted by atomic mass is 16.7. The molecule has 1 amide bonds. The van der Waals surface area contributed by atoms with Crippen LogP contribution in [0, 0.1) is 0 Å². The molecular formula is C15H13NO4. The Labute approximate surface area is 116 Å². The number of hydrogen-bond donors (Lipinski definition) is 1. The number of benzene rings is 2. The normalized spacial score (nSPS) is 12.0. The molecule has 1 aliphatic heterocycles. The van der Waals surface area contributed by atoms with E-state index in [-0.39, 0.29) is 19.3 Å². The zero-order valence-electron chi connectivity index (χ0n) is 10.7. The number of rotatable bonds is 4. The average Bonchev–Trinajstić information content (AvgIpc) is 2.94. The summed E-state index contributed by atoms with van der Waals surface area (Å²) in [6, 6.07) is 14.4. The maximum Gasteiger partial charge on any atom is 0.262 e. The second-order valence-corrected chi connectivity index (χ2v) is 4.22. The summed E-state index contributed by atoms with van der Waals surface area (Å²) in [5.74, 6) is 1.75. The molecule has 2 aromatic rings. The van der Waals surface area contributed by atoms with Crippen molar-refractivity contribution in [2.24, 2.45) is 0 Å². The Morgan fingerprint density at radius 1 is 1.10 bits per heavy atom. The van der Waals surface area contributed by atoms with Gasteiger partial charge in [0, 0.05) is 11.8 Å². The van der Waals surface area contributed by atoms with Crippen molar-refractivity contribution in [2.45, 2.75) is 0 Å². The first-order valence-corrected chi connectivity index (χ1v) is 6.18. The fraction of sp³-hybridized carbons (Fsp3) is 0.133. The van der Waals surface area contributed by atoms with E-state index < -0.39 is 0 Å². The highest BCUT2D eigenvalue weighted by Crippen LogP contribution is 2.34. The van der Waals surface area contributed by atoms with E-state index >= 15 is 0 Å². The second kappa shape index (κ2) is 5.52. The molecule has 0 aromatic heterocycles. The maximum atomic E-state index is 11.8. The van der Waals surface area contributed by atoms with Gasteiger partial charge in [-0.2, -0.15) is 0 Å². The minimum Gasteiger partial charge on any atom is -0.484 e. The van der Waals surface area contributed by atoms with Gasteiger partial charge >= 0.3 is 0 Å². The molecule has 3 rings (SSSR count). The van der Waals surface area contributed by atoms with Gasteiger partial charge in [0.2, 0.25) is 6.79 Å². The van der Waals surface area contributed by atoms with E-state index in [1.807, 2.05) is 18.2 Å². The highest BCUT2D eigenvalue weighted by Gasteiger charge is 2.14. The van der Waals surface area contributed by atoms with Crippen molar-refractivity contribution >= 4 is 11.6 Å². The molecule has 0 radical (unpaired) electrons. The average molecular weight is 271 g/mol. The third kappa shape index (κ3) is 2.83. The van der Waals surface area contributed by atoms with Gasteiger partial charge in [-0.05, 0) is 24.3 Å². The molecule has 1 N–H and O–H groups in total. The van der Waals surface area contributed by atoms with Gasteiger partial charge in [-0.15, -0.1) is 0 Å². The van der Waals surface area contributed by atoms with Gasteiger partial charge in [0.05, 0.1) is 0 Å².